The molecule has 0 bridgehead atoms. The highest BCUT2D eigenvalue weighted by molar-refractivity contribution is 5.76. The van der Waals surface area contributed by atoms with E-state index in [0.29, 0.717) is 38.0 Å². The minimum Gasteiger partial charge on any atom is -0.392 e. The standard InChI is InChI=1S/C16H23FN2O2/c1-13(20)12-18-8-10-19(11-9-18)16(21)7-6-14-4-2-3-5-15(14)17/h2-5,13,20H,6-12H2,1H3/t13-/m1/s1. The van der Waals surface area contributed by atoms with Crippen LogP contribution in [0.1, 0.15) is 18.9 Å². The van der Waals surface area contributed by atoms with Gasteiger partial charge in [0.2, 0.25) is 5.91 Å². The van der Waals surface area contributed by atoms with Crippen LogP contribution in [0.25, 0.3) is 0 Å². The number of nitrogens with zero attached hydrogens (tertiary/aromatic N) is 2. The van der Waals surface area contributed by atoms with Crippen molar-refractivity contribution in [1.82, 2.24) is 9.80 Å². The first-order chi connectivity index (χ1) is 10.1. The second-order valence-corrected chi connectivity index (χ2v) is 5.62. The van der Waals surface area contributed by atoms with Crippen LogP contribution in [0, 0.1) is 5.82 Å². The maximum absolute atomic E-state index is 13.5. The predicted octanol–water partition coefficient (Wildman–Crippen LogP) is 1.28. The molecule has 0 saturated carbocycles. The molecule has 1 aliphatic heterocycles. The van der Waals surface area contributed by atoms with E-state index in [4.69, 9.17) is 0 Å². The van der Waals surface area contributed by atoms with E-state index in [0.717, 1.165) is 13.1 Å². The van der Waals surface area contributed by atoms with E-state index < -0.39 is 0 Å². The monoisotopic (exact) mass is 294 g/mol. The van der Waals surface area contributed by atoms with Gasteiger partial charge in [-0.2, -0.15) is 0 Å². The lowest BCUT2D eigenvalue weighted by Gasteiger charge is -2.35. The van der Waals surface area contributed by atoms with E-state index >= 15 is 0 Å². The summed E-state index contributed by atoms with van der Waals surface area (Å²) in [4.78, 5) is 16.1. The number of halogens is 1. The second-order valence-electron chi connectivity index (χ2n) is 5.62. The summed E-state index contributed by atoms with van der Waals surface area (Å²) >= 11 is 0. The fourth-order valence-corrected chi connectivity index (χ4v) is 2.65. The Bertz CT molecular complexity index is 471. The van der Waals surface area contributed by atoms with Gasteiger partial charge in [0.25, 0.3) is 0 Å². The molecule has 1 fully saturated rings. The molecule has 1 atom stereocenters. The van der Waals surface area contributed by atoms with E-state index in [1.54, 1.807) is 25.1 Å². The number of β-amino-alcohol motifs (C(OH)–C–C–N with tert-alkyl or cyclic N) is 1. The predicted molar refractivity (Wildman–Crippen MR) is 79.4 cm³/mol. The Morgan fingerprint density at radius 2 is 1.95 bits per heavy atom. The van der Waals surface area contributed by atoms with E-state index in [-0.39, 0.29) is 17.8 Å². The molecule has 0 aromatic heterocycles. The summed E-state index contributed by atoms with van der Waals surface area (Å²) in [6, 6.07) is 6.59. The molecule has 1 aromatic carbocycles. The van der Waals surface area contributed by atoms with Gasteiger partial charge in [-0.25, -0.2) is 4.39 Å². The molecule has 21 heavy (non-hydrogen) atoms. The number of aliphatic hydroxyl groups excluding tert-OH is 1. The molecule has 0 radical (unpaired) electrons. The number of carbonyl (C=O) groups is 1. The van der Waals surface area contributed by atoms with Crippen molar-refractivity contribution in [3.63, 3.8) is 0 Å². The van der Waals surface area contributed by atoms with E-state index in [2.05, 4.69) is 4.90 Å². The number of piperazine rings is 1. The number of rotatable bonds is 5. The Balaban J connectivity index is 1.76. The van der Waals surface area contributed by atoms with Crippen molar-refractivity contribution in [2.24, 2.45) is 0 Å². The Labute approximate surface area is 125 Å². The summed E-state index contributed by atoms with van der Waals surface area (Å²) < 4.78 is 13.5. The fraction of sp³-hybridized carbons (Fsp3) is 0.562. The zero-order valence-electron chi connectivity index (χ0n) is 12.5. The first kappa shape index (κ1) is 15.9. The number of aryl methyl sites for hydroxylation is 1. The quantitative estimate of drug-likeness (QED) is 0.890. The molecule has 1 aromatic rings. The lowest BCUT2D eigenvalue weighted by molar-refractivity contribution is -0.133. The van der Waals surface area contributed by atoms with Crippen LogP contribution in [-0.4, -0.2) is 59.6 Å². The largest absolute Gasteiger partial charge is 0.392 e. The third-order valence-electron chi connectivity index (χ3n) is 3.81. The van der Waals surface area contributed by atoms with Crippen molar-refractivity contribution in [2.75, 3.05) is 32.7 Å². The molecule has 1 heterocycles. The van der Waals surface area contributed by atoms with Crippen molar-refractivity contribution < 1.29 is 14.3 Å². The van der Waals surface area contributed by atoms with Gasteiger partial charge in [0.05, 0.1) is 6.10 Å². The minimum absolute atomic E-state index is 0.0787. The summed E-state index contributed by atoms with van der Waals surface area (Å²) in [5, 5.41) is 9.36. The Hall–Kier alpha value is -1.46. The maximum Gasteiger partial charge on any atom is 0.222 e. The number of hydrogen-bond acceptors (Lipinski definition) is 3. The van der Waals surface area contributed by atoms with Crippen molar-refractivity contribution in [3.8, 4) is 0 Å². The Kier molecular flexibility index (Phi) is 5.70. The van der Waals surface area contributed by atoms with Crippen LogP contribution in [0.2, 0.25) is 0 Å². The molecule has 4 nitrogen and oxygen atoms in total. The highest BCUT2D eigenvalue weighted by Gasteiger charge is 2.21. The summed E-state index contributed by atoms with van der Waals surface area (Å²) in [7, 11) is 0. The molecule has 0 aliphatic carbocycles. The summed E-state index contributed by atoms with van der Waals surface area (Å²) in [6.07, 6.45) is 0.449. The van der Waals surface area contributed by atoms with Crippen LogP contribution in [-0.2, 0) is 11.2 Å². The van der Waals surface area contributed by atoms with Gasteiger partial charge in [-0.3, -0.25) is 9.69 Å². The van der Waals surface area contributed by atoms with Gasteiger partial charge in [-0.05, 0) is 25.0 Å². The smallest absolute Gasteiger partial charge is 0.222 e. The van der Waals surface area contributed by atoms with Crippen molar-refractivity contribution >= 4 is 5.91 Å². The molecule has 0 spiro atoms. The summed E-state index contributed by atoms with van der Waals surface area (Å²) in [5.74, 6) is -0.165. The van der Waals surface area contributed by atoms with E-state index in [1.165, 1.54) is 6.07 Å². The molecule has 0 unspecified atom stereocenters. The lowest BCUT2D eigenvalue weighted by Crippen LogP contribution is -2.50. The average Bonchev–Trinajstić information content (AvgIpc) is 2.46. The van der Waals surface area contributed by atoms with Crippen LogP contribution < -0.4 is 0 Å². The average molecular weight is 294 g/mol. The van der Waals surface area contributed by atoms with Gasteiger partial charge in [0.15, 0.2) is 0 Å². The highest BCUT2D eigenvalue weighted by Crippen LogP contribution is 2.11. The van der Waals surface area contributed by atoms with E-state index in [9.17, 15) is 14.3 Å². The molecule has 5 heteroatoms. The maximum atomic E-state index is 13.5. The first-order valence-corrected chi connectivity index (χ1v) is 7.48. The van der Waals surface area contributed by atoms with E-state index in [1.807, 2.05) is 4.90 Å². The van der Waals surface area contributed by atoms with Gasteiger partial charge in [-0.1, -0.05) is 18.2 Å². The third-order valence-corrected chi connectivity index (χ3v) is 3.81. The van der Waals surface area contributed by atoms with Crippen LogP contribution in [0.3, 0.4) is 0 Å². The normalized spacial score (nSPS) is 17.8. The highest BCUT2D eigenvalue weighted by atomic mass is 19.1. The first-order valence-electron chi connectivity index (χ1n) is 7.48. The van der Waals surface area contributed by atoms with Crippen molar-refractivity contribution in [2.45, 2.75) is 25.9 Å². The lowest BCUT2D eigenvalue weighted by atomic mass is 10.1. The number of carbonyl (C=O) groups excluding carboxylic acids is 1. The molecular formula is C16H23FN2O2. The molecule has 116 valence electrons. The van der Waals surface area contributed by atoms with Crippen LogP contribution in [0.15, 0.2) is 24.3 Å². The molecule has 1 N–H and O–H groups in total. The zero-order valence-corrected chi connectivity index (χ0v) is 12.5. The molecular weight excluding hydrogens is 271 g/mol. The van der Waals surface area contributed by atoms with Gasteiger partial charge >= 0.3 is 0 Å². The summed E-state index contributed by atoms with van der Waals surface area (Å²) in [6.45, 7) is 5.36. The fourth-order valence-electron chi connectivity index (χ4n) is 2.65. The van der Waals surface area contributed by atoms with Crippen LogP contribution in [0.4, 0.5) is 4.39 Å². The molecule has 1 amide bonds. The number of aliphatic hydroxyl groups is 1. The van der Waals surface area contributed by atoms with Gasteiger partial charge in [0.1, 0.15) is 5.82 Å². The summed E-state index contributed by atoms with van der Waals surface area (Å²) in [5.41, 5.74) is 0.596. The molecule has 1 saturated heterocycles. The minimum atomic E-state index is -0.340. The third kappa shape index (κ3) is 4.79. The van der Waals surface area contributed by atoms with Gasteiger partial charge in [-0.15, -0.1) is 0 Å². The number of hydrogen-bond donors (Lipinski definition) is 1. The topological polar surface area (TPSA) is 43.8 Å². The molecule has 1 aliphatic rings. The zero-order chi connectivity index (χ0) is 15.2. The second kappa shape index (κ2) is 7.52. The van der Waals surface area contributed by atoms with Gasteiger partial charge < -0.3 is 10.0 Å². The Morgan fingerprint density at radius 1 is 1.29 bits per heavy atom. The van der Waals surface area contributed by atoms with Crippen LogP contribution >= 0.6 is 0 Å². The van der Waals surface area contributed by atoms with Crippen molar-refractivity contribution in [3.05, 3.63) is 35.6 Å². The van der Waals surface area contributed by atoms with Crippen LogP contribution in [0.5, 0.6) is 0 Å². The van der Waals surface area contributed by atoms with Crippen molar-refractivity contribution in [1.29, 1.82) is 0 Å². The molecule has 2 rings (SSSR count). The Morgan fingerprint density at radius 3 is 2.57 bits per heavy atom. The number of amides is 1. The SMILES string of the molecule is C[C@@H](O)CN1CCN(C(=O)CCc2ccccc2F)CC1. The number of benzene rings is 1. The van der Waals surface area contributed by atoms with Gasteiger partial charge in [0, 0.05) is 39.1 Å².